The van der Waals surface area contributed by atoms with Crippen LogP contribution in [0.3, 0.4) is 0 Å². The lowest BCUT2D eigenvalue weighted by Gasteiger charge is -2.23. The molecule has 0 fully saturated rings. The van der Waals surface area contributed by atoms with E-state index in [1.807, 2.05) is 24.5 Å². The first-order valence-electron chi connectivity index (χ1n) is 12.9. The van der Waals surface area contributed by atoms with Gasteiger partial charge in [-0.05, 0) is 62.7 Å². The third-order valence-corrected chi connectivity index (χ3v) is 7.19. The van der Waals surface area contributed by atoms with E-state index in [0.717, 1.165) is 9.46 Å². The van der Waals surface area contributed by atoms with Crippen molar-refractivity contribution in [3.8, 4) is 17.3 Å². The van der Waals surface area contributed by atoms with Crippen molar-refractivity contribution < 1.29 is 26.7 Å². The first kappa shape index (κ1) is 30.5. The Morgan fingerprint density at radius 3 is 2.63 bits per heavy atom. The molecular weight excluding hydrogens is 562 g/mol. The monoisotopic (exact) mass is 595 g/mol. The van der Waals surface area contributed by atoms with Gasteiger partial charge in [-0.3, -0.25) is 0 Å². The normalized spacial score (nSPS) is 13.4. The maximum absolute atomic E-state index is 14.8. The Hall–Kier alpha value is -3.49. The Morgan fingerprint density at radius 1 is 1.15 bits per heavy atom. The quantitative estimate of drug-likeness (QED) is 0.114. The molecule has 2 aromatic carbocycles. The molecule has 5 N–H and O–H groups in total. The van der Waals surface area contributed by atoms with Crippen LogP contribution in [0.4, 0.5) is 28.9 Å². The summed E-state index contributed by atoms with van der Waals surface area (Å²) in [5.41, 5.74) is 7.25. The fraction of sp³-hybridized carbons (Fsp3) is 0.407. The van der Waals surface area contributed by atoms with E-state index >= 15 is 0 Å². The van der Waals surface area contributed by atoms with Crippen LogP contribution in [0.1, 0.15) is 12.3 Å². The predicted octanol–water partition coefficient (Wildman–Crippen LogP) is 5.28. The van der Waals surface area contributed by atoms with Gasteiger partial charge < -0.3 is 35.4 Å². The molecule has 2 unspecified atom stereocenters. The van der Waals surface area contributed by atoms with Gasteiger partial charge in [-0.15, -0.1) is 22.0 Å². The molecule has 0 spiro atoms. The number of halogens is 4. The lowest BCUT2D eigenvalue weighted by molar-refractivity contribution is -0.139. The van der Waals surface area contributed by atoms with E-state index < -0.39 is 24.9 Å². The number of hydrogen-bond donors (Lipinski definition) is 4. The molecule has 0 aliphatic carbocycles. The molecule has 14 heteroatoms. The van der Waals surface area contributed by atoms with Crippen LogP contribution in [0, 0.1) is 0 Å². The molecule has 2 heterocycles. The van der Waals surface area contributed by atoms with Gasteiger partial charge in [0.15, 0.2) is 0 Å². The van der Waals surface area contributed by atoms with E-state index in [2.05, 4.69) is 26.1 Å². The Morgan fingerprint density at radius 2 is 1.95 bits per heavy atom. The standard InChI is InChI=1S/C27H33F4N7O2S/c1-33-13-18(28)20(9-10-32)35-19-5-4-6-22-17(19)12-23(38(22)15-27(29,30)31)26-37-36-25(40-26)14-34-21-8-7-16(41-3)11-24(21)39-2/h4-8,11-12,18,20,33-35H,9-10,13-15,32H2,1-3H3. The van der Waals surface area contributed by atoms with Crippen LogP contribution in [-0.4, -0.2) is 66.7 Å². The van der Waals surface area contributed by atoms with Crippen molar-refractivity contribution in [1.29, 1.82) is 0 Å². The summed E-state index contributed by atoms with van der Waals surface area (Å²) in [4.78, 5) is 1.03. The van der Waals surface area contributed by atoms with Crippen molar-refractivity contribution in [2.45, 2.75) is 42.8 Å². The first-order chi connectivity index (χ1) is 19.7. The Bertz CT molecular complexity index is 1440. The number of nitrogens with two attached hydrogens (primary N) is 1. The molecule has 0 saturated carbocycles. The summed E-state index contributed by atoms with van der Waals surface area (Å²) >= 11 is 1.58. The van der Waals surface area contributed by atoms with Gasteiger partial charge in [0.1, 0.15) is 24.2 Å². The summed E-state index contributed by atoms with van der Waals surface area (Å²) in [7, 11) is 3.20. The van der Waals surface area contributed by atoms with Crippen LogP contribution >= 0.6 is 11.8 Å². The molecule has 9 nitrogen and oxygen atoms in total. The molecule has 4 aromatic rings. The topological polar surface area (TPSA) is 115 Å². The van der Waals surface area contributed by atoms with Crippen LogP contribution < -0.4 is 26.4 Å². The molecule has 2 aromatic heterocycles. The Balaban J connectivity index is 1.66. The minimum Gasteiger partial charge on any atom is -0.495 e. The summed E-state index contributed by atoms with van der Waals surface area (Å²) in [5.74, 6) is 0.726. The first-order valence-corrected chi connectivity index (χ1v) is 14.1. The number of rotatable bonds is 14. The van der Waals surface area contributed by atoms with Gasteiger partial charge in [0.2, 0.25) is 5.89 Å². The predicted molar refractivity (Wildman–Crippen MR) is 153 cm³/mol. The molecule has 0 aliphatic rings. The van der Waals surface area contributed by atoms with E-state index in [-0.39, 0.29) is 42.6 Å². The highest BCUT2D eigenvalue weighted by atomic mass is 32.2. The van der Waals surface area contributed by atoms with Gasteiger partial charge in [0.05, 0.1) is 30.9 Å². The van der Waals surface area contributed by atoms with Gasteiger partial charge in [0, 0.05) is 22.5 Å². The number of aromatic nitrogens is 3. The zero-order valence-electron chi connectivity index (χ0n) is 22.9. The van der Waals surface area contributed by atoms with Crippen molar-refractivity contribution >= 4 is 34.0 Å². The smallest absolute Gasteiger partial charge is 0.406 e. The Kier molecular flexibility index (Phi) is 9.99. The van der Waals surface area contributed by atoms with Crippen LogP contribution in [-0.2, 0) is 13.1 Å². The molecule has 41 heavy (non-hydrogen) atoms. The number of alkyl halides is 4. The second-order valence-electron chi connectivity index (χ2n) is 9.29. The minimum atomic E-state index is -4.52. The number of anilines is 2. The minimum absolute atomic E-state index is 0.0741. The van der Waals surface area contributed by atoms with Gasteiger partial charge >= 0.3 is 6.18 Å². The van der Waals surface area contributed by atoms with E-state index in [4.69, 9.17) is 14.9 Å². The number of methoxy groups -OCH3 is 1. The van der Waals surface area contributed by atoms with Gasteiger partial charge in [0.25, 0.3) is 5.89 Å². The number of benzene rings is 2. The van der Waals surface area contributed by atoms with Crippen molar-refractivity contribution in [3.63, 3.8) is 0 Å². The number of nitrogens with zero attached hydrogens (tertiary/aromatic N) is 3. The van der Waals surface area contributed by atoms with Gasteiger partial charge in [-0.1, -0.05) is 6.07 Å². The van der Waals surface area contributed by atoms with E-state index in [9.17, 15) is 17.6 Å². The van der Waals surface area contributed by atoms with Crippen molar-refractivity contribution in [1.82, 2.24) is 20.1 Å². The van der Waals surface area contributed by atoms with E-state index in [1.54, 1.807) is 50.2 Å². The number of nitrogens with one attached hydrogen (secondary N) is 3. The second kappa shape index (κ2) is 13.4. The second-order valence-corrected chi connectivity index (χ2v) is 10.2. The number of thioether (sulfide) groups is 1. The average molecular weight is 596 g/mol. The largest absolute Gasteiger partial charge is 0.495 e. The highest BCUT2D eigenvalue weighted by molar-refractivity contribution is 7.98. The summed E-state index contributed by atoms with van der Waals surface area (Å²) in [6.45, 7) is -0.814. The van der Waals surface area contributed by atoms with E-state index in [0.29, 0.717) is 28.9 Å². The molecular formula is C27H33F4N7O2S. The fourth-order valence-corrected chi connectivity index (χ4v) is 4.97. The summed E-state index contributed by atoms with van der Waals surface area (Å²) in [6, 6.07) is 11.4. The van der Waals surface area contributed by atoms with Gasteiger partial charge in [-0.2, -0.15) is 13.2 Å². The maximum Gasteiger partial charge on any atom is 0.406 e. The zero-order valence-corrected chi connectivity index (χ0v) is 23.7. The van der Waals surface area contributed by atoms with Crippen molar-refractivity contribution in [2.75, 3.05) is 44.1 Å². The van der Waals surface area contributed by atoms with Crippen LogP contribution in [0.25, 0.3) is 22.5 Å². The molecule has 0 saturated heterocycles. The molecule has 0 bridgehead atoms. The lowest BCUT2D eigenvalue weighted by atomic mass is 10.1. The van der Waals surface area contributed by atoms with Crippen LogP contribution in [0.5, 0.6) is 5.75 Å². The highest BCUT2D eigenvalue weighted by Gasteiger charge is 2.32. The average Bonchev–Trinajstić information content (AvgIpc) is 3.56. The van der Waals surface area contributed by atoms with Gasteiger partial charge in [-0.25, -0.2) is 4.39 Å². The number of ether oxygens (including phenoxy) is 1. The molecule has 2 atom stereocenters. The van der Waals surface area contributed by atoms with Crippen LogP contribution in [0.2, 0.25) is 0 Å². The van der Waals surface area contributed by atoms with E-state index in [1.165, 1.54) is 0 Å². The van der Waals surface area contributed by atoms with Crippen molar-refractivity contribution in [3.05, 3.63) is 48.4 Å². The fourth-order valence-electron chi connectivity index (χ4n) is 4.54. The number of fused-ring (bicyclic) bond motifs is 1. The SMILES string of the molecule is CNCC(F)C(CCN)Nc1cccc2c1cc(-c1nnc(CNc3ccc(SC)cc3OC)o1)n2CC(F)(F)F. The summed E-state index contributed by atoms with van der Waals surface area (Å²) < 4.78 is 68.2. The summed E-state index contributed by atoms with van der Waals surface area (Å²) in [5, 5.41) is 17.6. The molecule has 0 amide bonds. The molecule has 4 rings (SSSR count). The lowest BCUT2D eigenvalue weighted by Crippen LogP contribution is -2.38. The Labute approximate surface area is 239 Å². The van der Waals surface area contributed by atoms with Crippen molar-refractivity contribution in [2.24, 2.45) is 5.73 Å². The third kappa shape index (κ3) is 7.43. The maximum atomic E-state index is 14.8. The zero-order chi connectivity index (χ0) is 29.6. The highest BCUT2D eigenvalue weighted by Crippen LogP contribution is 2.35. The number of hydrogen-bond acceptors (Lipinski definition) is 9. The van der Waals surface area contributed by atoms with Crippen LogP contribution in [0.15, 0.2) is 51.8 Å². The molecule has 222 valence electrons. The molecule has 0 aliphatic heterocycles. The third-order valence-electron chi connectivity index (χ3n) is 6.46. The summed E-state index contributed by atoms with van der Waals surface area (Å²) in [6.07, 6.45) is -3.50. The molecule has 0 radical (unpaired) electrons.